The fraction of sp³-hybridized carbons (Fsp3) is 0.647. The molecule has 21 heavy (non-hydrogen) atoms. The van der Waals surface area contributed by atoms with E-state index in [1.54, 1.807) is 11.8 Å². The van der Waals surface area contributed by atoms with E-state index in [0.717, 1.165) is 13.0 Å². The molecule has 1 aromatic carbocycles. The molecule has 0 heterocycles. The van der Waals surface area contributed by atoms with E-state index in [2.05, 4.69) is 42.6 Å². The minimum atomic E-state index is -0.602. The van der Waals surface area contributed by atoms with Crippen LogP contribution in [-0.4, -0.2) is 46.5 Å². The highest BCUT2D eigenvalue weighted by atomic mass is 32.2. The third-order valence-corrected chi connectivity index (χ3v) is 5.77. The maximum absolute atomic E-state index is 9.60. The van der Waals surface area contributed by atoms with Gasteiger partial charge in [-0.05, 0) is 37.3 Å². The Balaban J connectivity index is 1.97. The molecule has 2 rings (SSSR count). The Morgan fingerprint density at radius 1 is 1.29 bits per heavy atom. The highest BCUT2D eigenvalue weighted by molar-refractivity contribution is 8.00. The third kappa shape index (κ3) is 4.99. The largest absolute Gasteiger partial charge is 0.394 e. The molecule has 0 radical (unpaired) electrons. The van der Waals surface area contributed by atoms with E-state index in [1.165, 1.54) is 18.4 Å². The van der Waals surface area contributed by atoms with Gasteiger partial charge in [-0.3, -0.25) is 0 Å². The summed E-state index contributed by atoms with van der Waals surface area (Å²) in [6.07, 6.45) is 2.95. The second-order valence-corrected chi connectivity index (χ2v) is 7.07. The zero-order chi connectivity index (χ0) is 15.1. The van der Waals surface area contributed by atoms with E-state index in [9.17, 15) is 5.11 Å². The molecule has 3 nitrogen and oxygen atoms in total. The smallest absolute Gasteiger partial charge is 0.0861 e. The van der Waals surface area contributed by atoms with Crippen molar-refractivity contribution in [2.75, 3.05) is 18.9 Å². The number of hydrogen-bond donors (Lipinski definition) is 3. The van der Waals surface area contributed by atoms with Gasteiger partial charge in [-0.1, -0.05) is 37.3 Å². The molecule has 118 valence electrons. The van der Waals surface area contributed by atoms with Crippen LogP contribution in [0, 0.1) is 0 Å². The van der Waals surface area contributed by atoms with E-state index in [-0.39, 0.29) is 6.61 Å². The molecule has 0 saturated heterocycles. The van der Waals surface area contributed by atoms with Crippen LogP contribution in [0.4, 0.5) is 0 Å². The SMILES string of the molecule is CCNC1CCC(c2ccccc2)CC1SCC(O)CO. The fourth-order valence-electron chi connectivity index (χ4n) is 3.12. The van der Waals surface area contributed by atoms with Gasteiger partial charge in [0.25, 0.3) is 0 Å². The summed E-state index contributed by atoms with van der Waals surface area (Å²) in [5, 5.41) is 22.7. The van der Waals surface area contributed by atoms with Crippen LogP contribution >= 0.6 is 11.8 Å². The van der Waals surface area contributed by atoms with E-state index in [1.807, 2.05) is 0 Å². The Bertz CT molecular complexity index is 401. The Morgan fingerprint density at radius 3 is 2.71 bits per heavy atom. The van der Waals surface area contributed by atoms with Crippen LogP contribution in [-0.2, 0) is 0 Å². The molecule has 0 amide bonds. The standard InChI is InChI=1S/C17H27NO2S/c1-2-18-16-9-8-14(13-6-4-3-5-7-13)10-17(16)21-12-15(20)11-19/h3-7,14-20H,2,8-12H2,1H3. The lowest BCUT2D eigenvalue weighted by atomic mass is 9.81. The maximum atomic E-state index is 9.60. The second kappa shape index (κ2) is 8.79. The Morgan fingerprint density at radius 2 is 2.05 bits per heavy atom. The number of hydrogen-bond acceptors (Lipinski definition) is 4. The molecule has 3 N–H and O–H groups in total. The molecule has 1 saturated carbocycles. The third-order valence-electron chi connectivity index (χ3n) is 4.24. The molecule has 1 fully saturated rings. The molecule has 0 spiro atoms. The van der Waals surface area contributed by atoms with Gasteiger partial charge in [0.1, 0.15) is 0 Å². The van der Waals surface area contributed by atoms with Crippen molar-refractivity contribution in [1.82, 2.24) is 5.32 Å². The lowest BCUT2D eigenvalue weighted by Gasteiger charge is -2.37. The molecular weight excluding hydrogens is 282 g/mol. The summed E-state index contributed by atoms with van der Waals surface area (Å²) >= 11 is 1.80. The summed E-state index contributed by atoms with van der Waals surface area (Å²) in [6.45, 7) is 2.99. The molecule has 0 aromatic heterocycles. The van der Waals surface area contributed by atoms with Crippen molar-refractivity contribution in [3.63, 3.8) is 0 Å². The van der Waals surface area contributed by atoms with Crippen molar-refractivity contribution in [2.24, 2.45) is 0 Å². The second-order valence-electron chi connectivity index (χ2n) is 5.79. The van der Waals surface area contributed by atoms with Crippen LogP contribution in [0.15, 0.2) is 30.3 Å². The topological polar surface area (TPSA) is 52.5 Å². The molecule has 4 heteroatoms. The van der Waals surface area contributed by atoms with Crippen molar-refractivity contribution in [2.45, 2.75) is 49.5 Å². The monoisotopic (exact) mass is 309 g/mol. The van der Waals surface area contributed by atoms with Gasteiger partial charge in [0.05, 0.1) is 12.7 Å². The summed E-state index contributed by atoms with van der Waals surface area (Å²) in [7, 11) is 0. The molecule has 1 aliphatic carbocycles. The molecule has 4 unspecified atom stereocenters. The van der Waals surface area contributed by atoms with E-state index in [4.69, 9.17) is 5.11 Å². The Hall–Kier alpha value is -0.550. The Kier molecular flexibility index (Phi) is 7.04. The molecule has 1 aliphatic rings. The average molecular weight is 309 g/mol. The first kappa shape index (κ1) is 16.8. The van der Waals surface area contributed by atoms with E-state index < -0.39 is 6.10 Å². The van der Waals surface area contributed by atoms with Crippen LogP contribution in [0.2, 0.25) is 0 Å². The quantitative estimate of drug-likeness (QED) is 0.724. The number of nitrogens with one attached hydrogen (secondary N) is 1. The predicted octanol–water partition coefficient (Wildman–Crippen LogP) is 2.39. The molecule has 0 aliphatic heterocycles. The van der Waals surface area contributed by atoms with Gasteiger partial charge >= 0.3 is 0 Å². The van der Waals surface area contributed by atoms with Gasteiger partial charge in [0.2, 0.25) is 0 Å². The molecular formula is C17H27NO2S. The number of rotatable bonds is 7. The van der Waals surface area contributed by atoms with Crippen molar-refractivity contribution < 1.29 is 10.2 Å². The number of benzene rings is 1. The molecule has 4 atom stereocenters. The average Bonchev–Trinajstić information content (AvgIpc) is 2.54. The van der Waals surface area contributed by atoms with Crippen LogP contribution in [0.25, 0.3) is 0 Å². The first-order valence-electron chi connectivity index (χ1n) is 7.93. The van der Waals surface area contributed by atoms with Crippen LogP contribution in [0.1, 0.15) is 37.7 Å². The van der Waals surface area contributed by atoms with Crippen LogP contribution < -0.4 is 5.32 Å². The number of aliphatic hydroxyl groups is 2. The summed E-state index contributed by atoms with van der Waals surface area (Å²) in [5.41, 5.74) is 1.43. The fourth-order valence-corrected chi connectivity index (χ4v) is 4.53. The zero-order valence-electron chi connectivity index (χ0n) is 12.7. The van der Waals surface area contributed by atoms with Crippen LogP contribution in [0.3, 0.4) is 0 Å². The van der Waals surface area contributed by atoms with Gasteiger partial charge in [0.15, 0.2) is 0 Å². The highest BCUT2D eigenvalue weighted by Crippen LogP contribution is 2.38. The molecule has 1 aromatic rings. The highest BCUT2D eigenvalue weighted by Gasteiger charge is 2.31. The predicted molar refractivity (Wildman–Crippen MR) is 89.8 cm³/mol. The van der Waals surface area contributed by atoms with Crippen LogP contribution in [0.5, 0.6) is 0 Å². The minimum absolute atomic E-state index is 0.145. The van der Waals surface area contributed by atoms with Gasteiger partial charge < -0.3 is 15.5 Å². The lowest BCUT2D eigenvalue weighted by Crippen LogP contribution is -2.42. The summed E-state index contributed by atoms with van der Waals surface area (Å²) in [6, 6.07) is 11.3. The van der Waals surface area contributed by atoms with Gasteiger partial charge in [-0.15, -0.1) is 0 Å². The van der Waals surface area contributed by atoms with Gasteiger partial charge in [-0.25, -0.2) is 0 Å². The minimum Gasteiger partial charge on any atom is -0.394 e. The first-order chi connectivity index (χ1) is 10.2. The number of aliphatic hydroxyl groups excluding tert-OH is 2. The Labute approximate surface area is 132 Å². The van der Waals surface area contributed by atoms with Crippen molar-refractivity contribution in [1.29, 1.82) is 0 Å². The summed E-state index contributed by atoms with van der Waals surface area (Å²) < 4.78 is 0. The van der Waals surface area contributed by atoms with Crippen molar-refractivity contribution in [3.8, 4) is 0 Å². The molecule has 0 bridgehead atoms. The first-order valence-corrected chi connectivity index (χ1v) is 8.98. The lowest BCUT2D eigenvalue weighted by molar-refractivity contribution is 0.113. The summed E-state index contributed by atoms with van der Waals surface area (Å²) in [5.74, 6) is 1.23. The normalized spacial score (nSPS) is 27.5. The summed E-state index contributed by atoms with van der Waals surface area (Å²) in [4.78, 5) is 0. The number of thioether (sulfide) groups is 1. The maximum Gasteiger partial charge on any atom is 0.0861 e. The zero-order valence-corrected chi connectivity index (χ0v) is 13.6. The van der Waals surface area contributed by atoms with Gasteiger partial charge in [0, 0.05) is 17.0 Å². The van der Waals surface area contributed by atoms with Crippen molar-refractivity contribution in [3.05, 3.63) is 35.9 Å². The van der Waals surface area contributed by atoms with Gasteiger partial charge in [-0.2, -0.15) is 11.8 Å². The van der Waals surface area contributed by atoms with Crippen molar-refractivity contribution >= 4 is 11.8 Å². The van der Waals surface area contributed by atoms with E-state index in [0.29, 0.717) is 23.0 Å². The van der Waals surface area contributed by atoms with E-state index >= 15 is 0 Å².